The molecule has 0 heterocycles. The van der Waals surface area contributed by atoms with Gasteiger partial charge in [0.15, 0.2) is 5.75 Å². The van der Waals surface area contributed by atoms with Crippen LogP contribution in [0.4, 0.5) is 5.69 Å². The van der Waals surface area contributed by atoms with Crippen molar-refractivity contribution in [3.05, 3.63) is 54.6 Å². The van der Waals surface area contributed by atoms with Crippen molar-refractivity contribution in [3.8, 4) is 11.5 Å². The Bertz CT molecular complexity index is 499. The minimum atomic E-state index is 0.702. The van der Waals surface area contributed by atoms with Crippen molar-refractivity contribution in [2.24, 2.45) is 0 Å². The van der Waals surface area contributed by atoms with Crippen LogP contribution in [-0.2, 0) is 4.74 Å². The Balaban J connectivity index is 1.92. The molecule has 0 spiro atoms. The molecule has 0 atom stereocenters. The largest absolute Gasteiger partial charge is 0.455 e. The number of nitrogens with one attached hydrogen (secondary N) is 1. The van der Waals surface area contributed by atoms with Crippen molar-refractivity contribution in [2.75, 3.05) is 25.1 Å². The summed E-state index contributed by atoms with van der Waals surface area (Å²) in [4.78, 5) is 0. The zero-order chi connectivity index (χ0) is 14.0. The van der Waals surface area contributed by atoms with E-state index in [0.29, 0.717) is 6.61 Å². The first-order valence-electron chi connectivity index (χ1n) is 7.03. The predicted octanol–water partition coefficient (Wildman–Crippen LogP) is 4.32. The standard InChI is InChI=1S/C17H21NO2/c1-2-13-19-14-12-18-16-10-6-7-11-17(16)20-15-8-4-3-5-9-15/h3-11,18H,2,12-14H2,1H3. The van der Waals surface area contributed by atoms with Crippen LogP contribution in [0.5, 0.6) is 11.5 Å². The highest BCUT2D eigenvalue weighted by Crippen LogP contribution is 2.28. The summed E-state index contributed by atoms with van der Waals surface area (Å²) in [6.45, 7) is 4.39. The molecule has 20 heavy (non-hydrogen) atoms. The van der Waals surface area contributed by atoms with Crippen molar-refractivity contribution in [2.45, 2.75) is 13.3 Å². The molecule has 0 saturated heterocycles. The highest BCUT2D eigenvalue weighted by molar-refractivity contribution is 5.57. The summed E-state index contributed by atoms with van der Waals surface area (Å²) in [5.41, 5.74) is 0.983. The van der Waals surface area contributed by atoms with Crippen molar-refractivity contribution >= 4 is 5.69 Å². The second-order valence-electron chi connectivity index (χ2n) is 4.45. The Hall–Kier alpha value is -2.00. The number of para-hydroxylation sites is 3. The minimum Gasteiger partial charge on any atom is -0.455 e. The van der Waals surface area contributed by atoms with E-state index in [2.05, 4.69) is 12.2 Å². The van der Waals surface area contributed by atoms with Gasteiger partial charge >= 0.3 is 0 Å². The molecule has 0 aliphatic carbocycles. The van der Waals surface area contributed by atoms with Crippen molar-refractivity contribution < 1.29 is 9.47 Å². The molecule has 0 aliphatic heterocycles. The zero-order valence-corrected chi connectivity index (χ0v) is 11.8. The fourth-order valence-electron chi connectivity index (χ4n) is 1.82. The predicted molar refractivity (Wildman–Crippen MR) is 82.6 cm³/mol. The van der Waals surface area contributed by atoms with Gasteiger partial charge in [-0.2, -0.15) is 0 Å². The van der Waals surface area contributed by atoms with E-state index in [1.807, 2.05) is 54.6 Å². The van der Waals surface area contributed by atoms with Gasteiger partial charge in [-0.1, -0.05) is 37.3 Å². The number of hydrogen-bond acceptors (Lipinski definition) is 3. The maximum Gasteiger partial charge on any atom is 0.150 e. The van der Waals surface area contributed by atoms with Gasteiger partial charge in [-0.15, -0.1) is 0 Å². The van der Waals surface area contributed by atoms with Crippen LogP contribution in [0, 0.1) is 0 Å². The smallest absolute Gasteiger partial charge is 0.150 e. The molecule has 0 unspecified atom stereocenters. The lowest BCUT2D eigenvalue weighted by atomic mass is 10.3. The average molecular weight is 271 g/mol. The number of rotatable bonds is 8. The number of hydrogen-bond donors (Lipinski definition) is 1. The van der Waals surface area contributed by atoms with Crippen LogP contribution in [-0.4, -0.2) is 19.8 Å². The Kier molecular flexibility index (Phi) is 5.93. The van der Waals surface area contributed by atoms with Crippen LogP contribution in [0.15, 0.2) is 54.6 Å². The molecule has 2 rings (SSSR count). The molecule has 0 bridgehead atoms. The summed E-state index contributed by atoms with van der Waals surface area (Å²) < 4.78 is 11.3. The average Bonchev–Trinajstić information content (AvgIpc) is 2.50. The Morgan fingerprint density at radius 3 is 2.45 bits per heavy atom. The summed E-state index contributed by atoms with van der Waals surface area (Å²) in [6, 6.07) is 17.7. The topological polar surface area (TPSA) is 30.5 Å². The molecule has 0 aromatic heterocycles. The Morgan fingerprint density at radius 2 is 1.65 bits per heavy atom. The quantitative estimate of drug-likeness (QED) is 0.725. The Morgan fingerprint density at radius 1 is 0.900 bits per heavy atom. The normalized spacial score (nSPS) is 10.2. The highest BCUT2D eigenvalue weighted by atomic mass is 16.5. The van der Waals surface area contributed by atoms with E-state index in [1.165, 1.54) is 0 Å². The fraction of sp³-hybridized carbons (Fsp3) is 0.294. The maximum atomic E-state index is 5.88. The number of ether oxygens (including phenoxy) is 2. The van der Waals surface area contributed by atoms with Gasteiger partial charge in [0.05, 0.1) is 12.3 Å². The number of benzene rings is 2. The van der Waals surface area contributed by atoms with Gasteiger partial charge in [-0.3, -0.25) is 0 Å². The summed E-state index contributed by atoms with van der Waals surface area (Å²) in [7, 11) is 0. The summed E-state index contributed by atoms with van der Waals surface area (Å²) in [5, 5.41) is 3.34. The van der Waals surface area contributed by atoms with Crippen LogP contribution in [0.1, 0.15) is 13.3 Å². The van der Waals surface area contributed by atoms with Crippen LogP contribution in [0.3, 0.4) is 0 Å². The van der Waals surface area contributed by atoms with Crippen molar-refractivity contribution in [3.63, 3.8) is 0 Å². The molecule has 106 valence electrons. The van der Waals surface area contributed by atoms with Gasteiger partial charge in [0.25, 0.3) is 0 Å². The molecular weight excluding hydrogens is 250 g/mol. The first kappa shape index (κ1) is 14.4. The van der Waals surface area contributed by atoms with E-state index in [1.54, 1.807) is 0 Å². The fourth-order valence-corrected chi connectivity index (χ4v) is 1.82. The van der Waals surface area contributed by atoms with Gasteiger partial charge in [0, 0.05) is 13.2 Å². The third-order valence-electron chi connectivity index (χ3n) is 2.77. The molecule has 0 aliphatic rings. The van der Waals surface area contributed by atoms with E-state index in [9.17, 15) is 0 Å². The van der Waals surface area contributed by atoms with Gasteiger partial charge in [0.1, 0.15) is 5.75 Å². The second-order valence-corrected chi connectivity index (χ2v) is 4.45. The third-order valence-corrected chi connectivity index (χ3v) is 2.77. The van der Waals surface area contributed by atoms with Crippen LogP contribution < -0.4 is 10.1 Å². The molecule has 0 fully saturated rings. The first-order valence-corrected chi connectivity index (χ1v) is 7.03. The van der Waals surface area contributed by atoms with Crippen LogP contribution >= 0.6 is 0 Å². The van der Waals surface area contributed by atoms with Gasteiger partial charge in [-0.05, 0) is 30.7 Å². The van der Waals surface area contributed by atoms with Crippen molar-refractivity contribution in [1.29, 1.82) is 0 Å². The molecule has 3 heteroatoms. The lowest BCUT2D eigenvalue weighted by molar-refractivity contribution is 0.144. The Labute approximate surface area is 120 Å². The monoisotopic (exact) mass is 271 g/mol. The molecule has 2 aromatic carbocycles. The van der Waals surface area contributed by atoms with E-state index < -0.39 is 0 Å². The van der Waals surface area contributed by atoms with E-state index in [4.69, 9.17) is 9.47 Å². The first-order chi connectivity index (χ1) is 9.90. The van der Waals surface area contributed by atoms with E-state index in [0.717, 1.165) is 36.8 Å². The minimum absolute atomic E-state index is 0.702. The zero-order valence-electron chi connectivity index (χ0n) is 11.8. The van der Waals surface area contributed by atoms with Crippen molar-refractivity contribution in [1.82, 2.24) is 0 Å². The van der Waals surface area contributed by atoms with E-state index >= 15 is 0 Å². The summed E-state index contributed by atoms with van der Waals surface area (Å²) in [5.74, 6) is 1.66. The van der Waals surface area contributed by atoms with Crippen LogP contribution in [0.2, 0.25) is 0 Å². The molecule has 0 radical (unpaired) electrons. The molecule has 1 N–H and O–H groups in total. The lowest BCUT2D eigenvalue weighted by Gasteiger charge is -2.13. The second kappa shape index (κ2) is 8.23. The number of anilines is 1. The molecular formula is C17H21NO2. The molecule has 2 aromatic rings. The van der Waals surface area contributed by atoms with Gasteiger partial charge < -0.3 is 14.8 Å². The SMILES string of the molecule is CCCOCCNc1ccccc1Oc1ccccc1. The highest BCUT2D eigenvalue weighted by Gasteiger charge is 2.03. The lowest BCUT2D eigenvalue weighted by Crippen LogP contribution is -2.10. The summed E-state index contributed by atoms with van der Waals surface area (Å²) >= 11 is 0. The van der Waals surface area contributed by atoms with Gasteiger partial charge in [-0.25, -0.2) is 0 Å². The maximum absolute atomic E-state index is 5.88. The molecule has 0 amide bonds. The van der Waals surface area contributed by atoms with Crippen LogP contribution in [0.25, 0.3) is 0 Å². The van der Waals surface area contributed by atoms with Gasteiger partial charge in [0.2, 0.25) is 0 Å². The third kappa shape index (κ3) is 4.59. The van der Waals surface area contributed by atoms with E-state index in [-0.39, 0.29) is 0 Å². The summed E-state index contributed by atoms with van der Waals surface area (Å²) in [6.07, 6.45) is 1.05. The molecule has 3 nitrogen and oxygen atoms in total. The molecule has 0 saturated carbocycles.